The fraction of sp³-hybridized carbons (Fsp3) is 0.400. The van der Waals surface area contributed by atoms with Crippen LogP contribution in [-0.4, -0.2) is 9.97 Å². The second-order valence-corrected chi connectivity index (χ2v) is 3.91. The van der Waals surface area contributed by atoms with Gasteiger partial charge in [-0.15, -0.1) is 0 Å². The highest BCUT2D eigenvalue weighted by Gasteiger charge is 2.20. The van der Waals surface area contributed by atoms with Crippen LogP contribution in [0.2, 0.25) is 5.15 Å². The van der Waals surface area contributed by atoms with Crippen molar-refractivity contribution in [2.24, 2.45) is 0 Å². The summed E-state index contributed by atoms with van der Waals surface area (Å²) in [5, 5.41) is 1.44. The molecule has 2 aromatic heterocycles. The summed E-state index contributed by atoms with van der Waals surface area (Å²) in [5.74, 6) is 1.05. The quantitative estimate of drug-likeness (QED) is 0.625. The third-order valence-corrected chi connectivity index (χ3v) is 2.99. The molecule has 0 N–H and O–H groups in total. The fourth-order valence-corrected chi connectivity index (χ4v) is 2.29. The van der Waals surface area contributed by atoms with Crippen molar-refractivity contribution in [2.75, 3.05) is 0 Å². The number of aromatic nitrogens is 2. The van der Waals surface area contributed by atoms with Crippen LogP contribution in [0.1, 0.15) is 24.2 Å². The van der Waals surface area contributed by atoms with Gasteiger partial charge >= 0.3 is 0 Å². The molecule has 72 valence electrons. The molecule has 3 nitrogen and oxygen atoms in total. The number of hydrogen-bond acceptors (Lipinski definition) is 3. The molecule has 0 radical (unpaired) electrons. The minimum Gasteiger partial charge on any atom is -0.442 e. The number of rotatable bonds is 0. The Bertz CT molecular complexity index is 492. The summed E-state index contributed by atoms with van der Waals surface area (Å²) >= 11 is 6.02. The summed E-state index contributed by atoms with van der Waals surface area (Å²) in [6.45, 7) is 0. The van der Waals surface area contributed by atoms with Gasteiger partial charge in [-0.05, 0) is 19.3 Å². The number of hydrogen-bond donors (Lipinski definition) is 0. The van der Waals surface area contributed by atoms with Crippen LogP contribution in [0, 0.1) is 0 Å². The normalized spacial score (nSPS) is 15.8. The number of fused-ring (bicyclic) bond motifs is 3. The Morgan fingerprint density at radius 3 is 3.00 bits per heavy atom. The monoisotopic (exact) mass is 208 g/mol. The van der Waals surface area contributed by atoms with Gasteiger partial charge in [-0.3, -0.25) is 0 Å². The standard InChI is InChI=1S/C10H9ClN2O/c11-9-8-6-3-1-2-4-7(6)14-10(8)13-5-12-9/h5H,1-4H2. The van der Waals surface area contributed by atoms with E-state index in [9.17, 15) is 0 Å². The van der Waals surface area contributed by atoms with Crippen LogP contribution in [-0.2, 0) is 12.8 Å². The topological polar surface area (TPSA) is 38.9 Å². The summed E-state index contributed by atoms with van der Waals surface area (Å²) < 4.78 is 5.64. The Labute approximate surface area is 86.1 Å². The third-order valence-electron chi connectivity index (χ3n) is 2.71. The van der Waals surface area contributed by atoms with Crippen molar-refractivity contribution in [3.05, 3.63) is 22.8 Å². The van der Waals surface area contributed by atoms with Gasteiger partial charge in [0.15, 0.2) is 0 Å². The van der Waals surface area contributed by atoms with Crippen molar-refractivity contribution < 1.29 is 4.42 Å². The van der Waals surface area contributed by atoms with E-state index in [1.54, 1.807) is 0 Å². The molecule has 0 bridgehead atoms. The Morgan fingerprint density at radius 1 is 1.21 bits per heavy atom. The zero-order valence-corrected chi connectivity index (χ0v) is 8.34. The first-order valence-corrected chi connectivity index (χ1v) is 5.15. The van der Waals surface area contributed by atoms with Crippen molar-refractivity contribution in [1.29, 1.82) is 0 Å². The van der Waals surface area contributed by atoms with Crippen LogP contribution in [0.3, 0.4) is 0 Å². The summed E-state index contributed by atoms with van der Waals surface area (Å²) in [6, 6.07) is 0. The van der Waals surface area contributed by atoms with Gasteiger partial charge in [-0.1, -0.05) is 11.6 Å². The molecule has 0 saturated heterocycles. The Hall–Kier alpha value is -1.09. The molecule has 0 aliphatic heterocycles. The van der Waals surface area contributed by atoms with Crippen molar-refractivity contribution in [1.82, 2.24) is 9.97 Å². The van der Waals surface area contributed by atoms with Crippen molar-refractivity contribution in [2.45, 2.75) is 25.7 Å². The summed E-state index contributed by atoms with van der Waals surface area (Å²) in [5.41, 5.74) is 1.86. The molecule has 14 heavy (non-hydrogen) atoms. The van der Waals surface area contributed by atoms with E-state index < -0.39 is 0 Å². The van der Waals surface area contributed by atoms with E-state index in [1.807, 2.05) is 0 Å². The molecular formula is C10H9ClN2O. The smallest absolute Gasteiger partial charge is 0.231 e. The van der Waals surface area contributed by atoms with Gasteiger partial charge in [-0.25, -0.2) is 9.97 Å². The second-order valence-electron chi connectivity index (χ2n) is 3.56. The van der Waals surface area contributed by atoms with Gasteiger partial charge in [0.2, 0.25) is 5.71 Å². The van der Waals surface area contributed by atoms with E-state index in [1.165, 1.54) is 24.7 Å². The Kier molecular flexibility index (Phi) is 1.74. The van der Waals surface area contributed by atoms with Crippen molar-refractivity contribution >= 4 is 22.7 Å². The van der Waals surface area contributed by atoms with Crippen molar-refractivity contribution in [3.8, 4) is 0 Å². The summed E-state index contributed by atoms with van der Waals surface area (Å²) in [7, 11) is 0. The fourth-order valence-electron chi connectivity index (χ4n) is 2.05. The zero-order valence-electron chi connectivity index (χ0n) is 7.59. The van der Waals surface area contributed by atoms with E-state index in [0.29, 0.717) is 10.9 Å². The van der Waals surface area contributed by atoms with Gasteiger partial charge in [0.25, 0.3) is 0 Å². The third kappa shape index (κ3) is 1.05. The molecule has 0 amide bonds. The van der Waals surface area contributed by atoms with Gasteiger partial charge in [0, 0.05) is 12.0 Å². The van der Waals surface area contributed by atoms with Crippen LogP contribution in [0.15, 0.2) is 10.7 Å². The number of halogens is 1. The summed E-state index contributed by atoms with van der Waals surface area (Å²) in [6.07, 6.45) is 5.88. The Morgan fingerprint density at radius 2 is 2.07 bits per heavy atom. The van der Waals surface area contributed by atoms with Gasteiger partial charge < -0.3 is 4.42 Å². The molecule has 2 heterocycles. The minimum absolute atomic E-state index is 0.516. The van der Waals surface area contributed by atoms with Crippen LogP contribution >= 0.6 is 11.6 Å². The number of aryl methyl sites for hydroxylation is 2. The number of nitrogens with zero attached hydrogens (tertiary/aromatic N) is 2. The highest BCUT2D eigenvalue weighted by atomic mass is 35.5. The molecule has 0 saturated carbocycles. The predicted octanol–water partition coefficient (Wildman–Crippen LogP) is 2.76. The average molecular weight is 209 g/mol. The Balaban J connectivity index is 2.38. The molecule has 3 rings (SSSR count). The van der Waals surface area contributed by atoms with E-state index in [2.05, 4.69) is 9.97 Å². The first-order chi connectivity index (χ1) is 6.86. The highest BCUT2D eigenvalue weighted by Crippen LogP contribution is 2.33. The molecule has 0 atom stereocenters. The maximum Gasteiger partial charge on any atom is 0.231 e. The van der Waals surface area contributed by atoms with Gasteiger partial charge in [-0.2, -0.15) is 0 Å². The van der Waals surface area contributed by atoms with Gasteiger partial charge in [0.1, 0.15) is 17.2 Å². The lowest BCUT2D eigenvalue weighted by atomic mass is 9.97. The lowest BCUT2D eigenvalue weighted by Gasteiger charge is -2.08. The highest BCUT2D eigenvalue weighted by molar-refractivity contribution is 6.34. The summed E-state index contributed by atoms with van der Waals surface area (Å²) in [4.78, 5) is 8.07. The predicted molar refractivity (Wildman–Crippen MR) is 53.5 cm³/mol. The maximum absolute atomic E-state index is 6.02. The van der Waals surface area contributed by atoms with Crippen LogP contribution in [0.25, 0.3) is 11.1 Å². The lowest BCUT2D eigenvalue weighted by molar-refractivity contribution is 0.499. The SMILES string of the molecule is Clc1ncnc2oc3c(c12)CCCC3. The number of furan rings is 1. The van der Waals surface area contributed by atoms with E-state index >= 15 is 0 Å². The van der Waals surface area contributed by atoms with Gasteiger partial charge in [0.05, 0.1) is 5.39 Å². The minimum atomic E-state index is 0.516. The molecule has 4 heteroatoms. The largest absolute Gasteiger partial charge is 0.442 e. The molecule has 0 aromatic carbocycles. The van der Waals surface area contributed by atoms with Crippen LogP contribution in [0.5, 0.6) is 0 Å². The van der Waals surface area contributed by atoms with E-state index in [0.717, 1.165) is 24.0 Å². The zero-order chi connectivity index (χ0) is 9.54. The molecule has 0 fully saturated rings. The second kappa shape index (κ2) is 2.95. The molecular weight excluding hydrogens is 200 g/mol. The van der Waals surface area contributed by atoms with E-state index in [4.69, 9.17) is 16.0 Å². The molecule has 1 aliphatic rings. The first kappa shape index (κ1) is 8.24. The molecule has 0 spiro atoms. The van der Waals surface area contributed by atoms with Crippen LogP contribution < -0.4 is 0 Å². The van der Waals surface area contributed by atoms with E-state index in [-0.39, 0.29) is 0 Å². The molecule has 2 aromatic rings. The average Bonchev–Trinajstić information content (AvgIpc) is 2.57. The molecule has 1 aliphatic carbocycles. The lowest BCUT2D eigenvalue weighted by Crippen LogP contribution is -1.98. The van der Waals surface area contributed by atoms with Crippen LogP contribution in [0.4, 0.5) is 0 Å². The van der Waals surface area contributed by atoms with Crippen molar-refractivity contribution in [3.63, 3.8) is 0 Å². The maximum atomic E-state index is 6.02. The molecule has 0 unspecified atom stereocenters. The first-order valence-electron chi connectivity index (χ1n) is 4.77.